The Morgan fingerprint density at radius 3 is 1.87 bits per heavy atom. The Morgan fingerprint density at radius 2 is 1.30 bits per heavy atom. The molecule has 1 aliphatic heterocycles. The first-order valence-corrected chi connectivity index (χ1v) is 8.37. The molecule has 23 heavy (non-hydrogen) atoms. The highest BCUT2D eigenvalue weighted by molar-refractivity contribution is 4.91. The smallest absolute Gasteiger partial charge is 0.168 e. The summed E-state index contributed by atoms with van der Waals surface area (Å²) in [5.74, 6) is -0.526. The third-order valence-electron chi connectivity index (χ3n) is 4.26. The predicted molar refractivity (Wildman–Crippen MR) is 81.3 cm³/mol. The van der Waals surface area contributed by atoms with Gasteiger partial charge in [-0.3, -0.25) is 0 Å². The number of methoxy groups -OCH3 is 1. The van der Waals surface area contributed by atoms with E-state index in [4.69, 9.17) is 28.4 Å². The van der Waals surface area contributed by atoms with E-state index in [2.05, 4.69) is 0 Å². The minimum atomic E-state index is -1.27. The van der Waals surface area contributed by atoms with Crippen molar-refractivity contribution in [3.05, 3.63) is 0 Å². The largest absolute Gasteiger partial charge is 0.382 e. The SMILES string of the molecule is COCCOCCOCCOCC1(F)CCC2(CC1)OCCO2. The van der Waals surface area contributed by atoms with Crippen LogP contribution in [0.3, 0.4) is 0 Å². The summed E-state index contributed by atoms with van der Waals surface area (Å²) in [5, 5.41) is 0. The maximum Gasteiger partial charge on any atom is 0.168 e. The summed E-state index contributed by atoms with van der Waals surface area (Å²) in [4.78, 5) is 0. The average Bonchev–Trinajstić information content (AvgIpc) is 3.02. The molecule has 1 saturated carbocycles. The van der Waals surface area contributed by atoms with Crippen molar-refractivity contribution in [3.8, 4) is 0 Å². The van der Waals surface area contributed by atoms with Gasteiger partial charge in [-0.25, -0.2) is 4.39 Å². The summed E-state index contributed by atoms with van der Waals surface area (Å²) in [5.41, 5.74) is -1.27. The van der Waals surface area contributed by atoms with Crippen molar-refractivity contribution in [2.24, 2.45) is 0 Å². The minimum Gasteiger partial charge on any atom is -0.382 e. The lowest BCUT2D eigenvalue weighted by atomic mass is 9.83. The zero-order valence-electron chi connectivity index (χ0n) is 14.0. The highest BCUT2D eigenvalue weighted by Gasteiger charge is 2.46. The molecule has 1 heterocycles. The van der Waals surface area contributed by atoms with Gasteiger partial charge in [0.2, 0.25) is 0 Å². The van der Waals surface area contributed by atoms with Crippen molar-refractivity contribution in [1.82, 2.24) is 0 Å². The number of rotatable bonds is 11. The summed E-state index contributed by atoms with van der Waals surface area (Å²) in [6.07, 6.45) is 2.03. The second-order valence-electron chi connectivity index (χ2n) is 6.03. The summed E-state index contributed by atoms with van der Waals surface area (Å²) in [6, 6.07) is 0. The standard InChI is InChI=1S/C16H29FO6/c1-18-6-7-19-8-9-20-10-11-21-14-15(17)2-4-16(5-3-15)22-12-13-23-16/h2-14H2,1H3. The number of hydrogen-bond acceptors (Lipinski definition) is 6. The van der Waals surface area contributed by atoms with E-state index in [0.717, 1.165) is 0 Å². The summed E-state index contributed by atoms with van der Waals surface area (Å²) < 4.78 is 46.8. The molecule has 2 rings (SSSR count). The molecule has 6 nitrogen and oxygen atoms in total. The van der Waals surface area contributed by atoms with Gasteiger partial charge in [0.05, 0.1) is 59.5 Å². The lowest BCUT2D eigenvalue weighted by Crippen LogP contribution is -2.43. The fourth-order valence-electron chi connectivity index (χ4n) is 2.85. The fourth-order valence-corrected chi connectivity index (χ4v) is 2.85. The predicted octanol–water partition coefficient (Wildman–Crippen LogP) is 1.71. The first kappa shape index (κ1) is 19.0. The summed E-state index contributed by atoms with van der Waals surface area (Å²) in [7, 11) is 1.63. The molecule has 2 aliphatic rings. The van der Waals surface area contributed by atoms with Crippen LogP contribution in [0.15, 0.2) is 0 Å². The van der Waals surface area contributed by atoms with Crippen molar-refractivity contribution in [2.75, 3.05) is 66.6 Å². The van der Waals surface area contributed by atoms with Crippen molar-refractivity contribution in [1.29, 1.82) is 0 Å². The molecule has 7 heteroatoms. The van der Waals surface area contributed by atoms with Crippen molar-refractivity contribution >= 4 is 0 Å². The monoisotopic (exact) mass is 336 g/mol. The zero-order valence-corrected chi connectivity index (χ0v) is 14.0. The van der Waals surface area contributed by atoms with Gasteiger partial charge in [-0.05, 0) is 12.8 Å². The number of alkyl halides is 1. The maximum atomic E-state index is 14.6. The zero-order chi connectivity index (χ0) is 16.4. The molecule has 0 N–H and O–H groups in total. The highest BCUT2D eigenvalue weighted by atomic mass is 19.1. The van der Waals surface area contributed by atoms with Gasteiger partial charge in [0, 0.05) is 20.0 Å². The van der Waals surface area contributed by atoms with Crippen LogP contribution in [-0.2, 0) is 28.4 Å². The molecule has 1 saturated heterocycles. The van der Waals surface area contributed by atoms with Gasteiger partial charge in [0.15, 0.2) is 5.79 Å². The maximum absolute atomic E-state index is 14.6. The van der Waals surface area contributed by atoms with Crippen LogP contribution in [0.2, 0.25) is 0 Å². The van der Waals surface area contributed by atoms with Gasteiger partial charge >= 0.3 is 0 Å². The quantitative estimate of drug-likeness (QED) is 0.536. The van der Waals surface area contributed by atoms with Gasteiger partial charge in [-0.2, -0.15) is 0 Å². The van der Waals surface area contributed by atoms with Gasteiger partial charge in [0.1, 0.15) is 5.67 Å². The Morgan fingerprint density at radius 1 is 0.783 bits per heavy atom. The van der Waals surface area contributed by atoms with Crippen molar-refractivity contribution in [2.45, 2.75) is 37.1 Å². The molecule has 0 radical (unpaired) electrons. The Balaban J connectivity index is 1.45. The van der Waals surface area contributed by atoms with Gasteiger partial charge in [0.25, 0.3) is 0 Å². The molecule has 0 aromatic carbocycles. The topological polar surface area (TPSA) is 55.4 Å². The van der Waals surface area contributed by atoms with Gasteiger partial charge in [-0.15, -0.1) is 0 Å². The van der Waals surface area contributed by atoms with E-state index in [1.165, 1.54) is 0 Å². The van der Waals surface area contributed by atoms with E-state index in [-0.39, 0.29) is 6.61 Å². The van der Waals surface area contributed by atoms with Crippen LogP contribution in [0.4, 0.5) is 4.39 Å². The second-order valence-corrected chi connectivity index (χ2v) is 6.03. The minimum absolute atomic E-state index is 0.108. The molecule has 2 fully saturated rings. The first-order chi connectivity index (χ1) is 11.2. The van der Waals surface area contributed by atoms with Crippen LogP contribution in [0.5, 0.6) is 0 Å². The van der Waals surface area contributed by atoms with E-state index in [0.29, 0.717) is 78.5 Å². The third kappa shape index (κ3) is 6.60. The lowest BCUT2D eigenvalue weighted by Gasteiger charge is -2.38. The van der Waals surface area contributed by atoms with Gasteiger partial charge in [-0.1, -0.05) is 0 Å². The van der Waals surface area contributed by atoms with Crippen LogP contribution in [0.1, 0.15) is 25.7 Å². The molecule has 136 valence electrons. The Hall–Kier alpha value is -0.310. The van der Waals surface area contributed by atoms with E-state index >= 15 is 0 Å². The molecule has 0 bridgehead atoms. The van der Waals surface area contributed by atoms with Crippen LogP contribution in [0.25, 0.3) is 0 Å². The molecule has 1 spiro atoms. The first-order valence-electron chi connectivity index (χ1n) is 8.37. The summed E-state index contributed by atoms with van der Waals surface area (Å²) in [6.45, 7) is 4.35. The Bertz CT molecular complexity index is 312. The van der Waals surface area contributed by atoms with E-state index in [1.807, 2.05) is 0 Å². The molecule has 0 amide bonds. The molecular weight excluding hydrogens is 307 g/mol. The third-order valence-corrected chi connectivity index (χ3v) is 4.26. The molecular formula is C16H29FO6. The van der Waals surface area contributed by atoms with Crippen LogP contribution in [0, 0.1) is 0 Å². The van der Waals surface area contributed by atoms with Crippen LogP contribution >= 0.6 is 0 Å². The molecule has 0 atom stereocenters. The average molecular weight is 336 g/mol. The Labute approximate surface area is 137 Å². The van der Waals surface area contributed by atoms with E-state index in [1.54, 1.807) is 7.11 Å². The second kappa shape index (κ2) is 9.86. The Kier molecular flexibility index (Phi) is 8.15. The number of ether oxygens (including phenoxy) is 6. The van der Waals surface area contributed by atoms with Crippen LogP contribution < -0.4 is 0 Å². The van der Waals surface area contributed by atoms with E-state index < -0.39 is 11.5 Å². The molecule has 0 aromatic rings. The van der Waals surface area contributed by atoms with Crippen molar-refractivity contribution in [3.63, 3.8) is 0 Å². The summed E-state index contributed by atoms with van der Waals surface area (Å²) >= 11 is 0. The highest BCUT2D eigenvalue weighted by Crippen LogP contribution is 2.42. The number of halogens is 1. The molecule has 0 aromatic heterocycles. The number of hydrogen-bond donors (Lipinski definition) is 0. The molecule has 1 aliphatic carbocycles. The van der Waals surface area contributed by atoms with Gasteiger partial charge < -0.3 is 28.4 Å². The molecule has 0 unspecified atom stereocenters. The van der Waals surface area contributed by atoms with Crippen LogP contribution in [-0.4, -0.2) is 78.0 Å². The lowest BCUT2D eigenvalue weighted by molar-refractivity contribution is -0.198. The van der Waals surface area contributed by atoms with E-state index in [9.17, 15) is 4.39 Å². The fraction of sp³-hybridized carbons (Fsp3) is 1.00. The van der Waals surface area contributed by atoms with Crippen molar-refractivity contribution < 1.29 is 32.8 Å². The normalized spacial score (nSPS) is 22.7.